The predicted molar refractivity (Wildman–Crippen MR) is 52.7 cm³/mol. The number of nitrogens with zero attached hydrogens (tertiary/aromatic N) is 5. The minimum Gasteiger partial charge on any atom is -0.390 e. The van der Waals surface area contributed by atoms with Crippen molar-refractivity contribution in [2.24, 2.45) is 0 Å². The second-order valence-electron chi connectivity index (χ2n) is 2.91. The zero-order valence-electron chi connectivity index (χ0n) is 7.94. The second-order valence-corrected chi connectivity index (χ2v) is 2.91. The molecule has 0 fully saturated rings. The highest BCUT2D eigenvalue weighted by molar-refractivity contribution is 5.40. The Hall–Kier alpha value is -2.75. The molecule has 0 atom stereocenters. The number of hydrogen-bond acceptors (Lipinski definition) is 5. The Labute approximate surface area is 89.7 Å². The van der Waals surface area contributed by atoms with Gasteiger partial charge in [0.1, 0.15) is 0 Å². The maximum atomic E-state index is 10.4. The fourth-order valence-corrected chi connectivity index (χ4v) is 1.18. The highest BCUT2D eigenvalue weighted by atomic mass is 16.6. The minimum absolute atomic E-state index is 0.454. The molecule has 16 heavy (non-hydrogen) atoms. The molecule has 0 radical (unpaired) electrons. The van der Waals surface area contributed by atoms with Gasteiger partial charge in [-0.1, -0.05) is 11.1 Å². The molecule has 0 saturated carbocycles. The normalized spacial score (nSPS) is 9.69. The highest BCUT2D eigenvalue weighted by Crippen LogP contribution is 2.10. The molecule has 0 amide bonds. The van der Waals surface area contributed by atoms with Crippen LogP contribution in [0, 0.1) is 21.4 Å². The van der Waals surface area contributed by atoms with Gasteiger partial charge >= 0.3 is 5.95 Å². The summed E-state index contributed by atoms with van der Waals surface area (Å²) in [6.45, 7) is 0. The topological polar surface area (TPSA) is 97.6 Å². The van der Waals surface area contributed by atoms with Crippen molar-refractivity contribution in [2.45, 2.75) is 0 Å². The quantitative estimate of drug-likeness (QED) is 0.550. The molecule has 7 nitrogen and oxygen atoms in total. The Bertz CT molecular complexity index is 584. The Kier molecular flexibility index (Phi) is 2.31. The lowest BCUT2D eigenvalue weighted by Crippen LogP contribution is -1.96. The third-order valence-electron chi connectivity index (χ3n) is 1.88. The summed E-state index contributed by atoms with van der Waals surface area (Å²) in [5.74, 6) is -0.470. The van der Waals surface area contributed by atoms with E-state index in [1.165, 1.54) is 11.0 Å². The molecule has 0 N–H and O–H groups in total. The van der Waals surface area contributed by atoms with E-state index in [0.717, 1.165) is 0 Å². The van der Waals surface area contributed by atoms with Crippen LogP contribution in [0.2, 0.25) is 0 Å². The summed E-state index contributed by atoms with van der Waals surface area (Å²) < 4.78 is 1.25. The van der Waals surface area contributed by atoms with Gasteiger partial charge in [-0.25, -0.2) is 0 Å². The summed E-state index contributed by atoms with van der Waals surface area (Å²) in [6, 6.07) is 8.52. The number of benzene rings is 1. The highest BCUT2D eigenvalue weighted by Gasteiger charge is 2.14. The van der Waals surface area contributed by atoms with Crippen LogP contribution in [0.15, 0.2) is 30.6 Å². The average molecular weight is 215 g/mol. The molecule has 2 rings (SSSR count). The SMILES string of the molecule is N#Cc1cccc(-n2cnc([N+](=O)[O-])n2)c1. The molecule has 0 unspecified atom stereocenters. The Morgan fingerprint density at radius 1 is 1.50 bits per heavy atom. The van der Waals surface area contributed by atoms with Crippen LogP contribution in [-0.2, 0) is 0 Å². The molecule has 0 spiro atoms. The van der Waals surface area contributed by atoms with Gasteiger partial charge < -0.3 is 10.1 Å². The van der Waals surface area contributed by atoms with Crippen LogP contribution in [0.4, 0.5) is 5.95 Å². The number of hydrogen-bond donors (Lipinski definition) is 0. The monoisotopic (exact) mass is 215 g/mol. The first-order chi connectivity index (χ1) is 7.70. The first-order valence-corrected chi connectivity index (χ1v) is 4.27. The molecular formula is C9H5N5O2. The summed E-state index contributed by atoms with van der Waals surface area (Å²) in [6.07, 6.45) is 1.23. The lowest BCUT2D eigenvalue weighted by Gasteiger charge is -1.95. The van der Waals surface area contributed by atoms with Gasteiger partial charge in [-0.2, -0.15) is 5.26 Å². The fraction of sp³-hybridized carbons (Fsp3) is 0. The summed E-state index contributed by atoms with van der Waals surface area (Å²) in [4.78, 5) is 13.2. The molecule has 7 heteroatoms. The molecule has 78 valence electrons. The van der Waals surface area contributed by atoms with E-state index in [9.17, 15) is 10.1 Å². The van der Waals surface area contributed by atoms with Gasteiger partial charge in [0.2, 0.25) is 6.33 Å². The van der Waals surface area contributed by atoms with Crippen LogP contribution in [0.3, 0.4) is 0 Å². The van der Waals surface area contributed by atoms with Crippen molar-refractivity contribution < 1.29 is 4.92 Å². The molecule has 0 aliphatic rings. The van der Waals surface area contributed by atoms with Crippen LogP contribution < -0.4 is 0 Å². The summed E-state index contributed by atoms with van der Waals surface area (Å²) >= 11 is 0. The lowest BCUT2D eigenvalue weighted by atomic mass is 10.2. The smallest absolute Gasteiger partial charge is 0.390 e. The van der Waals surface area contributed by atoms with Gasteiger partial charge in [-0.15, -0.1) is 4.68 Å². The van der Waals surface area contributed by atoms with Gasteiger partial charge in [0.05, 0.1) is 17.3 Å². The standard InChI is InChI=1S/C9H5N5O2/c10-5-7-2-1-3-8(4-7)13-6-11-9(12-13)14(15)16/h1-4,6H. The lowest BCUT2D eigenvalue weighted by molar-refractivity contribution is -0.394. The molecule has 1 aromatic carbocycles. The average Bonchev–Trinajstić information content (AvgIpc) is 2.78. The Morgan fingerprint density at radius 3 is 2.94 bits per heavy atom. The van der Waals surface area contributed by atoms with Crippen LogP contribution in [0.25, 0.3) is 5.69 Å². The van der Waals surface area contributed by atoms with Gasteiger partial charge in [0.25, 0.3) is 0 Å². The van der Waals surface area contributed by atoms with E-state index in [1.54, 1.807) is 24.3 Å². The Morgan fingerprint density at radius 2 is 2.31 bits per heavy atom. The van der Waals surface area contributed by atoms with E-state index in [-0.39, 0.29) is 0 Å². The fourth-order valence-electron chi connectivity index (χ4n) is 1.18. The third-order valence-corrected chi connectivity index (χ3v) is 1.88. The van der Waals surface area contributed by atoms with Crippen molar-refractivity contribution in [3.8, 4) is 11.8 Å². The first-order valence-electron chi connectivity index (χ1n) is 4.27. The van der Waals surface area contributed by atoms with Crippen molar-refractivity contribution >= 4 is 5.95 Å². The summed E-state index contributed by atoms with van der Waals surface area (Å²) in [5.41, 5.74) is 1.01. The van der Waals surface area contributed by atoms with Crippen molar-refractivity contribution in [1.82, 2.24) is 14.8 Å². The molecule has 0 saturated heterocycles. The molecule has 0 bridgehead atoms. The zero-order chi connectivity index (χ0) is 11.5. The second kappa shape index (κ2) is 3.78. The summed E-state index contributed by atoms with van der Waals surface area (Å²) in [7, 11) is 0. The van der Waals surface area contributed by atoms with Crippen molar-refractivity contribution in [2.75, 3.05) is 0 Å². The molecule has 0 aliphatic carbocycles. The van der Waals surface area contributed by atoms with Gasteiger partial charge in [0.15, 0.2) is 0 Å². The number of nitro groups is 1. The van der Waals surface area contributed by atoms with E-state index in [4.69, 9.17) is 5.26 Å². The van der Waals surface area contributed by atoms with E-state index in [1.807, 2.05) is 6.07 Å². The third kappa shape index (κ3) is 1.72. The number of rotatable bonds is 2. The Balaban J connectivity index is 2.43. The van der Waals surface area contributed by atoms with Crippen LogP contribution in [-0.4, -0.2) is 19.7 Å². The molecular weight excluding hydrogens is 210 g/mol. The van der Waals surface area contributed by atoms with Crippen LogP contribution >= 0.6 is 0 Å². The largest absolute Gasteiger partial charge is 0.491 e. The van der Waals surface area contributed by atoms with Crippen molar-refractivity contribution in [3.63, 3.8) is 0 Å². The van der Waals surface area contributed by atoms with Gasteiger partial charge in [-0.3, -0.25) is 0 Å². The summed E-state index contributed by atoms with van der Waals surface area (Å²) in [5, 5.41) is 22.7. The van der Waals surface area contributed by atoms with Crippen molar-refractivity contribution in [3.05, 3.63) is 46.3 Å². The van der Waals surface area contributed by atoms with Crippen LogP contribution in [0.5, 0.6) is 0 Å². The first kappa shape index (κ1) is 9.79. The van der Waals surface area contributed by atoms with Gasteiger partial charge in [0, 0.05) is 5.10 Å². The molecule has 0 aliphatic heterocycles. The maximum absolute atomic E-state index is 10.4. The van der Waals surface area contributed by atoms with Gasteiger partial charge in [-0.05, 0) is 23.1 Å². The molecule has 2 aromatic rings. The van der Waals surface area contributed by atoms with E-state index < -0.39 is 10.9 Å². The van der Waals surface area contributed by atoms with Crippen molar-refractivity contribution in [1.29, 1.82) is 5.26 Å². The molecule has 1 heterocycles. The minimum atomic E-state index is -0.676. The van der Waals surface area contributed by atoms with Crippen LogP contribution in [0.1, 0.15) is 5.56 Å². The number of nitriles is 1. The maximum Gasteiger partial charge on any atom is 0.491 e. The predicted octanol–water partition coefficient (Wildman–Crippen LogP) is 1.05. The zero-order valence-corrected chi connectivity index (χ0v) is 7.94. The van der Waals surface area contributed by atoms with E-state index >= 15 is 0 Å². The molecule has 1 aromatic heterocycles. The van der Waals surface area contributed by atoms with E-state index in [0.29, 0.717) is 11.3 Å². The number of aromatic nitrogens is 3. The van der Waals surface area contributed by atoms with E-state index in [2.05, 4.69) is 10.1 Å².